The molecule has 0 bridgehead atoms. The second-order valence-electron chi connectivity index (χ2n) is 6.45. The average molecular weight is 366 g/mol. The number of aromatic amines is 1. The summed E-state index contributed by atoms with van der Waals surface area (Å²) < 4.78 is 32.5. The largest absolute Gasteiger partial charge is 0.442 e. The van der Waals surface area contributed by atoms with Crippen LogP contribution in [0, 0.1) is 5.92 Å². The average Bonchev–Trinajstić information content (AvgIpc) is 3.25. The quantitative estimate of drug-likeness (QED) is 0.835. The van der Waals surface area contributed by atoms with Gasteiger partial charge in [-0.3, -0.25) is 9.89 Å². The molecule has 0 unspecified atom stereocenters. The summed E-state index contributed by atoms with van der Waals surface area (Å²) in [7, 11) is -3.77. The monoisotopic (exact) mass is 366 g/mol. The van der Waals surface area contributed by atoms with Crippen molar-refractivity contribution in [1.29, 1.82) is 0 Å². The van der Waals surface area contributed by atoms with Gasteiger partial charge in [-0.2, -0.15) is 9.40 Å². The molecule has 3 rings (SSSR count). The molecule has 2 aromatic heterocycles. The third kappa shape index (κ3) is 3.77. The number of rotatable bonds is 5. The minimum atomic E-state index is -3.77. The number of nitrogens with zero attached hydrogens (tertiary/aromatic N) is 2. The highest BCUT2D eigenvalue weighted by atomic mass is 32.2. The third-order valence-electron chi connectivity index (χ3n) is 4.13. The lowest BCUT2D eigenvalue weighted by Gasteiger charge is -2.30. The number of hydrogen-bond donors (Lipinski definition) is 2. The predicted molar refractivity (Wildman–Crippen MR) is 91.1 cm³/mol. The van der Waals surface area contributed by atoms with Gasteiger partial charge in [0.2, 0.25) is 11.0 Å². The van der Waals surface area contributed by atoms with Gasteiger partial charge in [-0.05, 0) is 44.9 Å². The first-order chi connectivity index (χ1) is 11.9. The van der Waals surface area contributed by atoms with E-state index in [9.17, 15) is 13.2 Å². The van der Waals surface area contributed by atoms with Gasteiger partial charge in [0.15, 0.2) is 5.76 Å². The lowest BCUT2D eigenvalue weighted by molar-refractivity contribution is -0.126. The fourth-order valence-electron chi connectivity index (χ4n) is 2.90. The van der Waals surface area contributed by atoms with Crippen LogP contribution >= 0.6 is 0 Å². The molecule has 1 saturated heterocycles. The van der Waals surface area contributed by atoms with Crippen LogP contribution in [0.25, 0.3) is 11.5 Å². The second-order valence-corrected chi connectivity index (χ2v) is 8.32. The number of nitrogens with one attached hydrogen (secondary N) is 2. The molecular formula is C16H22N4O4S. The molecule has 8 nitrogen and oxygen atoms in total. The smallest absolute Gasteiger partial charge is 0.276 e. The Morgan fingerprint density at radius 1 is 1.40 bits per heavy atom. The van der Waals surface area contributed by atoms with E-state index in [0.29, 0.717) is 30.8 Å². The summed E-state index contributed by atoms with van der Waals surface area (Å²) in [6.07, 6.45) is 2.89. The van der Waals surface area contributed by atoms with E-state index in [0.717, 1.165) is 0 Å². The number of carbonyl (C=O) groups is 1. The van der Waals surface area contributed by atoms with Gasteiger partial charge in [-0.1, -0.05) is 0 Å². The van der Waals surface area contributed by atoms with Crippen LogP contribution in [-0.4, -0.2) is 48.0 Å². The Bertz CT molecular complexity index is 826. The minimum Gasteiger partial charge on any atom is -0.442 e. The number of sulfonamides is 1. The summed E-state index contributed by atoms with van der Waals surface area (Å²) in [6, 6.07) is 4.75. The van der Waals surface area contributed by atoms with E-state index in [2.05, 4.69) is 15.5 Å². The second kappa shape index (κ2) is 7.01. The summed E-state index contributed by atoms with van der Waals surface area (Å²) in [6.45, 7) is 4.32. The van der Waals surface area contributed by atoms with E-state index in [1.165, 1.54) is 10.4 Å². The van der Waals surface area contributed by atoms with Crippen molar-refractivity contribution in [3.8, 4) is 11.5 Å². The van der Waals surface area contributed by atoms with Crippen molar-refractivity contribution in [2.45, 2.75) is 37.8 Å². The molecular weight excluding hydrogens is 344 g/mol. The van der Waals surface area contributed by atoms with E-state index in [4.69, 9.17) is 4.42 Å². The fraction of sp³-hybridized carbons (Fsp3) is 0.500. The van der Waals surface area contributed by atoms with E-state index < -0.39 is 10.0 Å². The van der Waals surface area contributed by atoms with E-state index in [1.807, 2.05) is 13.8 Å². The van der Waals surface area contributed by atoms with Crippen molar-refractivity contribution in [3.05, 3.63) is 24.4 Å². The number of amides is 1. The Hall–Kier alpha value is -2.13. The lowest BCUT2D eigenvalue weighted by Crippen LogP contribution is -2.46. The Labute approximate surface area is 146 Å². The van der Waals surface area contributed by atoms with Gasteiger partial charge in [0.05, 0.1) is 5.92 Å². The minimum absolute atomic E-state index is 0.0292. The number of carbonyl (C=O) groups excluding carboxylic acids is 1. The lowest BCUT2D eigenvalue weighted by atomic mass is 9.98. The predicted octanol–water partition coefficient (Wildman–Crippen LogP) is 1.59. The molecule has 0 saturated carbocycles. The first-order valence-corrected chi connectivity index (χ1v) is 9.72. The van der Waals surface area contributed by atoms with Crippen molar-refractivity contribution < 1.29 is 17.6 Å². The number of furan rings is 1. The molecule has 0 aliphatic carbocycles. The highest BCUT2D eigenvalue weighted by molar-refractivity contribution is 7.89. The molecule has 2 N–H and O–H groups in total. The van der Waals surface area contributed by atoms with Crippen LogP contribution in [0.3, 0.4) is 0 Å². The normalized spacial score (nSPS) is 19.2. The number of piperidine rings is 1. The van der Waals surface area contributed by atoms with E-state index in [1.54, 1.807) is 18.3 Å². The maximum Gasteiger partial charge on any atom is 0.276 e. The van der Waals surface area contributed by atoms with E-state index in [-0.39, 0.29) is 29.5 Å². The highest BCUT2D eigenvalue weighted by Gasteiger charge is 2.35. The Morgan fingerprint density at radius 3 is 2.88 bits per heavy atom. The van der Waals surface area contributed by atoms with Gasteiger partial charge in [-0.25, -0.2) is 8.42 Å². The van der Waals surface area contributed by atoms with Crippen LogP contribution in [0.4, 0.5) is 0 Å². The molecule has 1 aliphatic heterocycles. The molecule has 2 aromatic rings. The first-order valence-electron chi connectivity index (χ1n) is 8.28. The maximum atomic E-state index is 12.8. The van der Waals surface area contributed by atoms with Gasteiger partial charge < -0.3 is 9.73 Å². The van der Waals surface area contributed by atoms with Crippen LogP contribution in [0.15, 0.2) is 33.9 Å². The molecule has 1 fully saturated rings. The Balaban J connectivity index is 1.76. The van der Waals surface area contributed by atoms with Gasteiger partial charge in [0.25, 0.3) is 10.0 Å². The third-order valence-corrected chi connectivity index (χ3v) is 5.87. The molecule has 3 heterocycles. The van der Waals surface area contributed by atoms with Crippen molar-refractivity contribution >= 4 is 15.9 Å². The number of hydrogen-bond acceptors (Lipinski definition) is 5. The van der Waals surface area contributed by atoms with Gasteiger partial charge in [0.1, 0.15) is 5.69 Å². The molecule has 9 heteroatoms. The van der Waals surface area contributed by atoms with Crippen LogP contribution in [0.5, 0.6) is 0 Å². The zero-order valence-electron chi connectivity index (χ0n) is 14.2. The standard InChI is InChI=1S/C16H22N4O4S/c1-11(2)18-16(21)12-4-3-9-20(10-12)25(22,23)15-6-5-14(24-15)13-7-8-17-19-13/h5-8,11-12H,3-4,9-10H2,1-2H3,(H,17,19)(H,18,21)/t12-/m1/s1. The Morgan fingerprint density at radius 2 is 2.20 bits per heavy atom. The van der Waals surface area contributed by atoms with Gasteiger partial charge in [-0.15, -0.1) is 0 Å². The summed E-state index contributed by atoms with van der Waals surface area (Å²) >= 11 is 0. The topological polar surface area (TPSA) is 108 Å². The van der Waals surface area contributed by atoms with Crippen molar-refractivity contribution in [1.82, 2.24) is 19.8 Å². The molecule has 1 aliphatic rings. The Kier molecular flexibility index (Phi) is 4.96. The van der Waals surface area contributed by atoms with Gasteiger partial charge >= 0.3 is 0 Å². The van der Waals surface area contributed by atoms with Crippen LogP contribution < -0.4 is 5.32 Å². The molecule has 1 atom stereocenters. The molecule has 0 aromatic carbocycles. The first kappa shape index (κ1) is 17.7. The van der Waals surface area contributed by atoms with Crippen molar-refractivity contribution in [3.63, 3.8) is 0 Å². The summed E-state index contributed by atoms with van der Waals surface area (Å²) in [5.74, 6) is -0.0392. The summed E-state index contributed by atoms with van der Waals surface area (Å²) in [5, 5.41) is 9.29. The maximum absolute atomic E-state index is 12.8. The highest BCUT2D eigenvalue weighted by Crippen LogP contribution is 2.28. The van der Waals surface area contributed by atoms with Crippen LogP contribution in [-0.2, 0) is 14.8 Å². The molecule has 136 valence electrons. The molecule has 25 heavy (non-hydrogen) atoms. The number of H-pyrrole nitrogens is 1. The van der Waals surface area contributed by atoms with E-state index >= 15 is 0 Å². The SMILES string of the molecule is CC(C)NC(=O)[C@@H]1CCCN(S(=O)(=O)c2ccc(-c3ccn[nH]3)o2)C1. The van der Waals surface area contributed by atoms with Crippen molar-refractivity contribution in [2.75, 3.05) is 13.1 Å². The summed E-state index contributed by atoms with van der Waals surface area (Å²) in [4.78, 5) is 12.2. The fourth-order valence-corrected chi connectivity index (χ4v) is 4.34. The van der Waals surface area contributed by atoms with Crippen LogP contribution in [0.1, 0.15) is 26.7 Å². The zero-order valence-corrected chi connectivity index (χ0v) is 15.0. The van der Waals surface area contributed by atoms with Crippen LogP contribution in [0.2, 0.25) is 0 Å². The molecule has 1 amide bonds. The molecule has 0 spiro atoms. The van der Waals surface area contributed by atoms with Gasteiger partial charge in [0, 0.05) is 25.3 Å². The molecule has 0 radical (unpaired) electrons. The number of aromatic nitrogens is 2. The van der Waals surface area contributed by atoms with Crippen molar-refractivity contribution in [2.24, 2.45) is 5.92 Å². The summed E-state index contributed by atoms with van der Waals surface area (Å²) in [5.41, 5.74) is 0.606. The zero-order chi connectivity index (χ0) is 18.0.